The number of ether oxygens (including phenoxy) is 1. The zero-order chi connectivity index (χ0) is 10.4. The predicted octanol–water partition coefficient (Wildman–Crippen LogP) is -0.484. The van der Waals surface area contributed by atoms with Crippen molar-refractivity contribution in [1.82, 2.24) is 16.2 Å². The first kappa shape index (κ1) is 10.8. The molecule has 1 saturated heterocycles. The van der Waals surface area contributed by atoms with Gasteiger partial charge in [-0.25, -0.2) is 10.2 Å². The second-order valence-corrected chi connectivity index (χ2v) is 2.98. The molecular weight excluding hydrogens is 186 g/mol. The van der Waals surface area contributed by atoms with E-state index in [1.54, 1.807) is 6.92 Å². The molecule has 0 aliphatic carbocycles. The van der Waals surface area contributed by atoms with Crippen LogP contribution >= 0.6 is 0 Å². The molecule has 80 valence electrons. The SMILES string of the molecule is CCOC(=O)NNC(=O)[C@@H]1CCCN1. The fourth-order valence-corrected chi connectivity index (χ4v) is 1.28. The van der Waals surface area contributed by atoms with Crippen LogP contribution in [0.15, 0.2) is 0 Å². The third-order valence-electron chi connectivity index (χ3n) is 1.94. The third kappa shape index (κ3) is 3.21. The number of rotatable bonds is 2. The molecule has 1 fully saturated rings. The highest BCUT2D eigenvalue weighted by Crippen LogP contribution is 2.03. The van der Waals surface area contributed by atoms with Crippen LogP contribution in [0.1, 0.15) is 19.8 Å². The summed E-state index contributed by atoms with van der Waals surface area (Å²) >= 11 is 0. The molecule has 6 nitrogen and oxygen atoms in total. The van der Waals surface area contributed by atoms with E-state index in [2.05, 4.69) is 20.9 Å². The normalized spacial score (nSPS) is 20.2. The summed E-state index contributed by atoms with van der Waals surface area (Å²) in [6.45, 7) is 2.82. The summed E-state index contributed by atoms with van der Waals surface area (Å²) < 4.78 is 4.57. The van der Waals surface area contributed by atoms with Gasteiger partial charge in [-0.05, 0) is 26.3 Å². The molecule has 1 aliphatic rings. The average Bonchev–Trinajstić information content (AvgIpc) is 2.67. The second kappa shape index (κ2) is 5.43. The Morgan fingerprint density at radius 2 is 2.29 bits per heavy atom. The number of hydrogen-bond donors (Lipinski definition) is 3. The number of carbonyl (C=O) groups is 2. The monoisotopic (exact) mass is 201 g/mol. The molecule has 6 heteroatoms. The number of hydrazine groups is 1. The van der Waals surface area contributed by atoms with Crippen molar-refractivity contribution in [3.05, 3.63) is 0 Å². The molecule has 1 rings (SSSR count). The molecular formula is C8H15N3O3. The van der Waals surface area contributed by atoms with E-state index in [4.69, 9.17) is 0 Å². The Kier molecular flexibility index (Phi) is 4.18. The maximum atomic E-state index is 11.3. The maximum absolute atomic E-state index is 11.3. The lowest BCUT2D eigenvalue weighted by molar-refractivity contribution is -0.123. The van der Waals surface area contributed by atoms with Crippen LogP contribution in [-0.4, -0.2) is 31.2 Å². The van der Waals surface area contributed by atoms with E-state index in [1.165, 1.54) is 0 Å². The van der Waals surface area contributed by atoms with Crippen molar-refractivity contribution in [3.8, 4) is 0 Å². The van der Waals surface area contributed by atoms with E-state index in [-0.39, 0.29) is 18.6 Å². The minimum absolute atomic E-state index is 0.197. The van der Waals surface area contributed by atoms with Crippen LogP contribution in [0.2, 0.25) is 0 Å². The van der Waals surface area contributed by atoms with Crippen molar-refractivity contribution < 1.29 is 14.3 Å². The standard InChI is InChI=1S/C8H15N3O3/c1-2-14-8(13)11-10-7(12)6-4-3-5-9-6/h6,9H,2-5H2,1H3,(H,10,12)(H,11,13)/t6-/m0/s1. The summed E-state index contributed by atoms with van der Waals surface area (Å²) in [5.74, 6) is -0.226. The highest BCUT2D eigenvalue weighted by Gasteiger charge is 2.21. The quantitative estimate of drug-likeness (QED) is 0.527. The molecule has 0 aromatic carbocycles. The minimum Gasteiger partial charge on any atom is -0.449 e. The van der Waals surface area contributed by atoms with Crippen molar-refractivity contribution in [2.75, 3.05) is 13.2 Å². The third-order valence-corrected chi connectivity index (χ3v) is 1.94. The van der Waals surface area contributed by atoms with Crippen LogP contribution in [0.5, 0.6) is 0 Å². The molecule has 14 heavy (non-hydrogen) atoms. The first-order valence-electron chi connectivity index (χ1n) is 4.70. The highest BCUT2D eigenvalue weighted by atomic mass is 16.5. The van der Waals surface area contributed by atoms with Gasteiger partial charge in [0.05, 0.1) is 12.6 Å². The highest BCUT2D eigenvalue weighted by molar-refractivity contribution is 5.83. The van der Waals surface area contributed by atoms with E-state index in [0.717, 1.165) is 19.4 Å². The summed E-state index contributed by atoms with van der Waals surface area (Å²) in [6.07, 6.45) is 1.15. The molecule has 0 unspecified atom stereocenters. The van der Waals surface area contributed by atoms with Crippen molar-refractivity contribution >= 4 is 12.0 Å². The van der Waals surface area contributed by atoms with Gasteiger partial charge in [-0.3, -0.25) is 10.2 Å². The van der Waals surface area contributed by atoms with Crippen LogP contribution in [0.3, 0.4) is 0 Å². The fraction of sp³-hybridized carbons (Fsp3) is 0.750. The molecule has 0 aromatic heterocycles. The lowest BCUT2D eigenvalue weighted by Crippen LogP contribution is -2.49. The molecule has 0 spiro atoms. The van der Waals surface area contributed by atoms with Crippen LogP contribution in [0.4, 0.5) is 4.79 Å². The fourth-order valence-electron chi connectivity index (χ4n) is 1.28. The molecule has 0 saturated carbocycles. The molecule has 0 radical (unpaired) electrons. The van der Waals surface area contributed by atoms with Crippen LogP contribution in [0.25, 0.3) is 0 Å². The second-order valence-electron chi connectivity index (χ2n) is 2.98. The first-order chi connectivity index (χ1) is 6.74. The topological polar surface area (TPSA) is 79.5 Å². The Labute approximate surface area is 82.3 Å². The van der Waals surface area contributed by atoms with E-state index in [1.807, 2.05) is 0 Å². The Balaban J connectivity index is 2.17. The lowest BCUT2D eigenvalue weighted by atomic mass is 10.2. The van der Waals surface area contributed by atoms with Crippen LogP contribution < -0.4 is 16.2 Å². The van der Waals surface area contributed by atoms with Gasteiger partial charge in [-0.15, -0.1) is 0 Å². The van der Waals surface area contributed by atoms with Gasteiger partial charge in [0.25, 0.3) is 5.91 Å². The van der Waals surface area contributed by atoms with Gasteiger partial charge < -0.3 is 10.1 Å². The number of amides is 2. The average molecular weight is 201 g/mol. The van der Waals surface area contributed by atoms with E-state index < -0.39 is 6.09 Å². The zero-order valence-corrected chi connectivity index (χ0v) is 8.13. The molecule has 1 aliphatic heterocycles. The van der Waals surface area contributed by atoms with Crippen molar-refractivity contribution in [2.24, 2.45) is 0 Å². The summed E-state index contributed by atoms with van der Waals surface area (Å²) in [6, 6.07) is -0.197. The van der Waals surface area contributed by atoms with Crippen LogP contribution in [-0.2, 0) is 9.53 Å². The van der Waals surface area contributed by atoms with Gasteiger partial charge in [0.2, 0.25) is 0 Å². The summed E-state index contributed by atoms with van der Waals surface area (Å²) in [5.41, 5.74) is 4.44. The smallest absolute Gasteiger partial charge is 0.426 e. The van der Waals surface area contributed by atoms with Crippen molar-refractivity contribution in [2.45, 2.75) is 25.8 Å². The summed E-state index contributed by atoms with van der Waals surface area (Å²) in [5, 5.41) is 3.01. The lowest BCUT2D eigenvalue weighted by Gasteiger charge is -2.11. The largest absolute Gasteiger partial charge is 0.449 e. The van der Waals surface area contributed by atoms with E-state index in [0.29, 0.717) is 0 Å². The molecule has 0 aromatic rings. The Bertz CT molecular complexity index is 214. The van der Waals surface area contributed by atoms with E-state index >= 15 is 0 Å². The Hall–Kier alpha value is -1.30. The van der Waals surface area contributed by atoms with Gasteiger partial charge in [-0.1, -0.05) is 0 Å². The predicted molar refractivity (Wildman–Crippen MR) is 49.3 cm³/mol. The summed E-state index contributed by atoms with van der Waals surface area (Å²) in [7, 11) is 0. The Morgan fingerprint density at radius 1 is 1.50 bits per heavy atom. The van der Waals surface area contributed by atoms with Gasteiger partial charge in [0.1, 0.15) is 0 Å². The van der Waals surface area contributed by atoms with Crippen molar-refractivity contribution in [3.63, 3.8) is 0 Å². The molecule has 3 N–H and O–H groups in total. The maximum Gasteiger partial charge on any atom is 0.426 e. The van der Waals surface area contributed by atoms with Crippen LogP contribution in [0, 0.1) is 0 Å². The zero-order valence-electron chi connectivity index (χ0n) is 8.13. The summed E-state index contributed by atoms with van der Waals surface area (Å²) in [4.78, 5) is 22.1. The number of carbonyl (C=O) groups excluding carboxylic acids is 2. The minimum atomic E-state index is -0.640. The van der Waals surface area contributed by atoms with Gasteiger partial charge in [-0.2, -0.15) is 0 Å². The van der Waals surface area contributed by atoms with Gasteiger partial charge in [0, 0.05) is 0 Å². The first-order valence-corrected chi connectivity index (χ1v) is 4.70. The Morgan fingerprint density at radius 3 is 2.86 bits per heavy atom. The molecule has 0 bridgehead atoms. The van der Waals surface area contributed by atoms with Gasteiger partial charge in [0.15, 0.2) is 0 Å². The van der Waals surface area contributed by atoms with Crippen molar-refractivity contribution in [1.29, 1.82) is 0 Å². The van der Waals surface area contributed by atoms with Gasteiger partial charge >= 0.3 is 6.09 Å². The molecule has 2 amide bonds. The molecule has 1 atom stereocenters. The van der Waals surface area contributed by atoms with E-state index in [9.17, 15) is 9.59 Å². The number of nitrogens with one attached hydrogen (secondary N) is 3. The number of hydrogen-bond acceptors (Lipinski definition) is 4. The molecule has 1 heterocycles.